The van der Waals surface area contributed by atoms with Crippen molar-refractivity contribution in [1.82, 2.24) is 0 Å². The quantitative estimate of drug-likeness (QED) is 0.413. The first-order valence-corrected chi connectivity index (χ1v) is 6.29. The molecule has 1 aromatic heterocycles. The normalized spacial score (nSPS) is 10.8. The number of methoxy groups -OCH3 is 1. The summed E-state index contributed by atoms with van der Waals surface area (Å²) in [5.41, 5.74) is -1.97. The average Bonchev–Trinajstić information content (AvgIpc) is 2.53. The zero-order valence-corrected chi connectivity index (χ0v) is 11.6. The molecule has 0 bridgehead atoms. The standard InChI is InChI=1S/C14H8N2O7/c1-22-8-2-3-12-9(6-8)13(17)10-4-7(15(18)19)5-11(16(20)21)14(10)23-12/h2-6H,1H3. The lowest BCUT2D eigenvalue weighted by atomic mass is 10.1. The van der Waals surface area contributed by atoms with E-state index in [1.807, 2.05) is 0 Å². The summed E-state index contributed by atoms with van der Waals surface area (Å²) in [5.74, 6) is 0.393. The number of benzene rings is 2. The zero-order chi connectivity index (χ0) is 16.7. The van der Waals surface area contributed by atoms with Gasteiger partial charge in [0.05, 0.1) is 33.8 Å². The fourth-order valence-electron chi connectivity index (χ4n) is 2.27. The van der Waals surface area contributed by atoms with E-state index in [-0.39, 0.29) is 21.9 Å². The van der Waals surface area contributed by atoms with Gasteiger partial charge in [0.25, 0.3) is 5.69 Å². The Morgan fingerprint density at radius 1 is 1.04 bits per heavy atom. The minimum atomic E-state index is -0.826. The van der Waals surface area contributed by atoms with Crippen molar-refractivity contribution in [3.8, 4) is 5.75 Å². The van der Waals surface area contributed by atoms with Crippen LogP contribution in [0.2, 0.25) is 0 Å². The Morgan fingerprint density at radius 3 is 2.39 bits per heavy atom. The lowest BCUT2D eigenvalue weighted by Crippen LogP contribution is -2.05. The molecular formula is C14H8N2O7. The highest BCUT2D eigenvalue weighted by Crippen LogP contribution is 2.32. The summed E-state index contributed by atoms with van der Waals surface area (Å²) >= 11 is 0. The van der Waals surface area contributed by atoms with Gasteiger partial charge in [0.2, 0.25) is 11.0 Å². The highest BCUT2D eigenvalue weighted by atomic mass is 16.6. The van der Waals surface area contributed by atoms with Gasteiger partial charge in [-0.1, -0.05) is 0 Å². The Labute approximate surface area is 127 Å². The first kappa shape index (κ1) is 14.4. The Hall–Kier alpha value is -3.49. The average molecular weight is 316 g/mol. The largest absolute Gasteiger partial charge is 0.497 e. The lowest BCUT2D eigenvalue weighted by molar-refractivity contribution is -0.393. The maximum atomic E-state index is 12.5. The molecule has 0 radical (unpaired) electrons. The Balaban J connectivity index is 2.52. The van der Waals surface area contributed by atoms with Gasteiger partial charge in [0.1, 0.15) is 11.3 Å². The second kappa shape index (κ2) is 5.05. The van der Waals surface area contributed by atoms with Gasteiger partial charge in [0, 0.05) is 6.07 Å². The fourth-order valence-corrected chi connectivity index (χ4v) is 2.27. The number of fused-ring (bicyclic) bond motifs is 2. The maximum Gasteiger partial charge on any atom is 0.319 e. The molecule has 2 aromatic carbocycles. The van der Waals surface area contributed by atoms with Crippen LogP contribution in [0.4, 0.5) is 11.4 Å². The van der Waals surface area contributed by atoms with Gasteiger partial charge in [0.15, 0.2) is 0 Å². The number of nitro benzene ring substituents is 2. The van der Waals surface area contributed by atoms with E-state index in [0.717, 1.165) is 12.1 Å². The van der Waals surface area contributed by atoms with Crippen LogP contribution < -0.4 is 10.2 Å². The minimum absolute atomic E-state index is 0.117. The molecule has 9 nitrogen and oxygen atoms in total. The summed E-state index contributed by atoms with van der Waals surface area (Å²) in [7, 11) is 1.42. The Kier molecular flexibility index (Phi) is 3.17. The molecule has 116 valence electrons. The summed E-state index contributed by atoms with van der Waals surface area (Å²) in [6.45, 7) is 0. The SMILES string of the molecule is COc1ccc2oc3c([N+](=O)[O-])cc([N+](=O)[O-])cc3c(=O)c2c1. The molecule has 0 saturated carbocycles. The van der Waals surface area contributed by atoms with Crippen molar-refractivity contribution >= 4 is 33.3 Å². The van der Waals surface area contributed by atoms with Gasteiger partial charge in [-0.15, -0.1) is 0 Å². The van der Waals surface area contributed by atoms with E-state index in [1.165, 1.54) is 25.3 Å². The Morgan fingerprint density at radius 2 is 1.78 bits per heavy atom. The molecule has 0 amide bonds. The van der Waals surface area contributed by atoms with Gasteiger partial charge in [-0.3, -0.25) is 25.0 Å². The highest BCUT2D eigenvalue weighted by molar-refractivity contribution is 5.95. The Bertz CT molecular complexity index is 1040. The van der Waals surface area contributed by atoms with Gasteiger partial charge < -0.3 is 9.15 Å². The van der Waals surface area contributed by atoms with Crippen molar-refractivity contribution in [3.63, 3.8) is 0 Å². The van der Waals surface area contributed by atoms with Crippen molar-refractivity contribution in [2.24, 2.45) is 0 Å². The van der Waals surface area contributed by atoms with Crippen LogP contribution in [0.5, 0.6) is 5.75 Å². The second-order valence-corrected chi connectivity index (χ2v) is 4.65. The van der Waals surface area contributed by atoms with Crippen LogP contribution in [0.1, 0.15) is 0 Å². The molecule has 9 heteroatoms. The molecule has 23 heavy (non-hydrogen) atoms. The molecule has 0 unspecified atom stereocenters. The molecule has 3 aromatic rings. The summed E-state index contributed by atoms with van der Waals surface area (Å²) < 4.78 is 10.5. The number of non-ortho nitro benzene ring substituents is 2. The van der Waals surface area contributed by atoms with Crippen LogP contribution >= 0.6 is 0 Å². The first-order valence-electron chi connectivity index (χ1n) is 6.29. The van der Waals surface area contributed by atoms with Crippen molar-refractivity contribution in [2.45, 2.75) is 0 Å². The second-order valence-electron chi connectivity index (χ2n) is 4.65. The van der Waals surface area contributed by atoms with Crippen LogP contribution in [-0.4, -0.2) is 17.0 Å². The van der Waals surface area contributed by atoms with Crippen molar-refractivity contribution in [2.75, 3.05) is 7.11 Å². The van der Waals surface area contributed by atoms with E-state index in [0.29, 0.717) is 5.75 Å². The van der Waals surface area contributed by atoms with E-state index in [1.54, 1.807) is 0 Å². The van der Waals surface area contributed by atoms with Gasteiger partial charge in [-0.2, -0.15) is 0 Å². The van der Waals surface area contributed by atoms with E-state index < -0.39 is 26.7 Å². The van der Waals surface area contributed by atoms with Crippen LogP contribution in [-0.2, 0) is 0 Å². The minimum Gasteiger partial charge on any atom is -0.497 e. The van der Waals surface area contributed by atoms with E-state index >= 15 is 0 Å². The molecule has 0 saturated heterocycles. The maximum absolute atomic E-state index is 12.5. The summed E-state index contributed by atoms with van der Waals surface area (Å²) in [4.78, 5) is 33.0. The van der Waals surface area contributed by atoms with Gasteiger partial charge >= 0.3 is 5.69 Å². The van der Waals surface area contributed by atoms with E-state index in [2.05, 4.69) is 0 Å². The third-order valence-corrected chi connectivity index (χ3v) is 3.35. The number of hydrogen-bond acceptors (Lipinski definition) is 7. The number of hydrogen-bond donors (Lipinski definition) is 0. The van der Waals surface area contributed by atoms with Crippen LogP contribution in [0.3, 0.4) is 0 Å². The smallest absolute Gasteiger partial charge is 0.319 e. The predicted octanol–water partition coefficient (Wildman–Crippen LogP) is 2.77. The van der Waals surface area contributed by atoms with Gasteiger partial charge in [-0.25, -0.2) is 0 Å². The van der Waals surface area contributed by atoms with Crippen molar-refractivity contribution in [3.05, 3.63) is 60.8 Å². The summed E-state index contributed by atoms with van der Waals surface area (Å²) in [5, 5.41) is 22.0. The molecular weight excluding hydrogens is 308 g/mol. The molecule has 0 spiro atoms. The zero-order valence-electron chi connectivity index (χ0n) is 11.6. The molecule has 0 atom stereocenters. The van der Waals surface area contributed by atoms with Crippen LogP contribution in [0.15, 0.2) is 39.5 Å². The topological polar surface area (TPSA) is 126 Å². The summed E-state index contributed by atoms with van der Waals surface area (Å²) in [6, 6.07) is 6.12. The van der Waals surface area contributed by atoms with Gasteiger partial charge in [-0.05, 0) is 18.2 Å². The van der Waals surface area contributed by atoms with Crippen LogP contribution in [0.25, 0.3) is 21.9 Å². The lowest BCUT2D eigenvalue weighted by Gasteiger charge is -2.04. The predicted molar refractivity (Wildman–Crippen MR) is 79.9 cm³/mol. The molecule has 0 N–H and O–H groups in total. The molecule has 0 fully saturated rings. The van der Waals surface area contributed by atoms with E-state index in [9.17, 15) is 25.0 Å². The first-order chi connectivity index (χ1) is 10.9. The highest BCUT2D eigenvalue weighted by Gasteiger charge is 2.24. The summed E-state index contributed by atoms with van der Waals surface area (Å²) in [6.07, 6.45) is 0. The number of nitro groups is 2. The third kappa shape index (κ3) is 2.24. The van der Waals surface area contributed by atoms with Crippen LogP contribution in [0, 0.1) is 20.2 Å². The monoisotopic (exact) mass is 316 g/mol. The third-order valence-electron chi connectivity index (χ3n) is 3.35. The molecule has 0 aliphatic carbocycles. The van der Waals surface area contributed by atoms with Crippen molar-refractivity contribution < 1.29 is 19.0 Å². The number of nitrogens with zero attached hydrogens (tertiary/aromatic N) is 2. The molecule has 0 aliphatic heterocycles. The number of rotatable bonds is 3. The van der Waals surface area contributed by atoms with E-state index in [4.69, 9.17) is 9.15 Å². The molecule has 3 rings (SSSR count). The fraction of sp³-hybridized carbons (Fsp3) is 0.0714. The number of ether oxygens (including phenoxy) is 1. The molecule has 1 heterocycles. The molecule has 0 aliphatic rings. The van der Waals surface area contributed by atoms with Crippen molar-refractivity contribution in [1.29, 1.82) is 0 Å².